The molecule has 19 heavy (non-hydrogen) atoms. The molecule has 0 aliphatic carbocycles. The van der Waals surface area contributed by atoms with E-state index in [-0.39, 0.29) is 15.7 Å². The van der Waals surface area contributed by atoms with Crippen LogP contribution < -0.4 is 10.5 Å². The van der Waals surface area contributed by atoms with Crippen molar-refractivity contribution in [2.75, 3.05) is 12.3 Å². The van der Waals surface area contributed by atoms with Crippen LogP contribution in [0.2, 0.25) is 5.02 Å². The van der Waals surface area contributed by atoms with Gasteiger partial charge in [-0.15, -0.1) is 0 Å². The van der Waals surface area contributed by atoms with E-state index in [1.807, 2.05) is 0 Å². The highest BCUT2D eigenvalue weighted by molar-refractivity contribution is 7.89. The number of hydrogen-bond donors (Lipinski definition) is 2. The lowest BCUT2D eigenvalue weighted by Crippen LogP contribution is -2.25. The summed E-state index contributed by atoms with van der Waals surface area (Å²) in [5, 5.41) is 0.141. The van der Waals surface area contributed by atoms with Crippen LogP contribution in [0.5, 0.6) is 0 Å². The Morgan fingerprint density at radius 2 is 2.11 bits per heavy atom. The van der Waals surface area contributed by atoms with Gasteiger partial charge in [0.1, 0.15) is 10.7 Å². The Bertz CT molecular complexity index is 518. The molecule has 0 saturated heterocycles. The molecule has 5 nitrogen and oxygen atoms in total. The number of nitrogens with one attached hydrogen (secondary N) is 1. The lowest BCUT2D eigenvalue weighted by Gasteiger charge is -2.08. The number of nitrogens with two attached hydrogens (primary N) is 1. The van der Waals surface area contributed by atoms with Gasteiger partial charge in [0.2, 0.25) is 10.0 Å². The zero-order valence-electron chi connectivity index (χ0n) is 11.2. The number of unbranched alkanes of at least 4 members (excludes halogenated alkanes) is 1. The predicted octanol–water partition coefficient (Wildman–Crippen LogP) is 2.42. The van der Waals surface area contributed by atoms with Crippen molar-refractivity contribution < 1.29 is 8.42 Å². The second-order valence-electron chi connectivity index (χ2n) is 4.83. The molecule has 0 aliphatic rings. The van der Waals surface area contributed by atoms with Crippen LogP contribution in [0.15, 0.2) is 17.2 Å². The molecular weight excluding hydrogens is 286 g/mol. The Balaban J connectivity index is 2.54. The molecule has 1 heterocycles. The van der Waals surface area contributed by atoms with Crippen LogP contribution in [0.3, 0.4) is 0 Å². The average Bonchev–Trinajstić information content (AvgIpc) is 2.31. The second kappa shape index (κ2) is 7.07. The summed E-state index contributed by atoms with van der Waals surface area (Å²) in [6.07, 6.45) is 4.11. The average molecular weight is 306 g/mol. The summed E-state index contributed by atoms with van der Waals surface area (Å²) in [5.74, 6) is 0.759. The van der Waals surface area contributed by atoms with Crippen molar-refractivity contribution in [3.63, 3.8) is 0 Å². The second-order valence-corrected chi connectivity index (χ2v) is 7.00. The quantitative estimate of drug-likeness (QED) is 0.758. The highest BCUT2D eigenvalue weighted by Gasteiger charge is 2.15. The largest absolute Gasteiger partial charge is 0.382 e. The van der Waals surface area contributed by atoms with E-state index in [9.17, 15) is 8.42 Å². The summed E-state index contributed by atoms with van der Waals surface area (Å²) in [6.45, 7) is 4.70. The fraction of sp³-hybridized carbons (Fsp3) is 0.583. The highest BCUT2D eigenvalue weighted by Crippen LogP contribution is 2.19. The minimum absolute atomic E-state index is 0.0376. The fourth-order valence-corrected chi connectivity index (χ4v) is 2.82. The smallest absolute Gasteiger partial charge is 0.242 e. The standard InChI is InChI=1S/C12H20ClN3O2S/c1-9(2)5-3-4-6-16-19(17,18)10-7-11(13)12(14)15-8-10/h7-9,16H,3-6H2,1-2H3,(H2,14,15). The minimum Gasteiger partial charge on any atom is -0.382 e. The molecule has 0 unspecified atom stereocenters. The summed E-state index contributed by atoms with van der Waals surface area (Å²) in [4.78, 5) is 3.78. The van der Waals surface area contributed by atoms with Crippen LogP contribution in [0, 0.1) is 5.92 Å². The Morgan fingerprint density at radius 1 is 1.42 bits per heavy atom. The molecule has 1 aromatic heterocycles. The molecule has 1 aromatic rings. The molecule has 0 spiro atoms. The van der Waals surface area contributed by atoms with E-state index in [2.05, 4.69) is 23.6 Å². The Kier molecular flexibility index (Phi) is 6.03. The first kappa shape index (κ1) is 16.2. The first-order chi connectivity index (χ1) is 8.83. The van der Waals surface area contributed by atoms with Gasteiger partial charge in [-0.25, -0.2) is 18.1 Å². The van der Waals surface area contributed by atoms with Crippen LogP contribution in [-0.4, -0.2) is 19.9 Å². The zero-order valence-corrected chi connectivity index (χ0v) is 12.8. The molecule has 7 heteroatoms. The third-order valence-corrected chi connectivity index (χ3v) is 4.39. The molecule has 1 rings (SSSR count). The van der Waals surface area contributed by atoms with Gasteiger partial charge in [0.05, 0.1) is 5.02 Å². The molecule has 0 fully saturated rings. The fourth-order valence-electron chi connectivity index (χ4n) is 1.55. The number of nitrogen functional groups attached to an aromatic ring is 1. The van der Waals surface area contributed by atoms with Gasteiger partial charge in [0, 0.05) is 12.7 Å². The van der Waals surface area contributed by atoms with E-state index >= 15 is 0 Å². The number of sulfonamides is 1. The number of rotatable bonds is 7. The molecule has 3 N–H and O–H groups in total. The van der Waals surface area contributed by atoms with Crippen molar-refractivity contribution >= 4 is 27.4 Å². The van der Waals surface area contributed by atoms with Gasteiger partial charge < -0.3 is 5.73 Å². The molecule has 0 aromatic carbocycles. The first-order valence-electron chi connectivity index (χ1n) is 6.23. The molecular formula is C12H20ClN3O2S. The van der Waals surface area contributed by atoms with E-state index in [4.69, 9.17) is 17.3 Å². The van der Waals surface area contributed by atoms with Gasteiger partial charge in [-0.3, -0.25) is 0 Å². The maximum atomic E-state index is 11.9. The number of pyridine rings is 1. The maximum Gasteiger partial charge on any atom is 0.242 e. The highest BCUT2D eigenvalue weighted by atomic mass is 35.5. The van der Waals surface area contributed by atoms with E-state index in [1.54, 1.807) is 0 Å². The van der Waals surface area contributed by atoms with Crippen LogP contribution >= 0.6 is 11.6 Å². The van der Waals surface area contributed by atoms with Crippen molar-refractivity contribution in [1.82, 2.24) is 9.71 Å². The molecule has 0 amide bonds. The molecule has 0 bridgehead atoms. The molecule has 0 atom stereocenters. The zero-order chi connectivity index (χ0) is 14.5. The van der Waals surface area contributed by atoms with Gasteiger partial charge in [-0.05, 0) is 18.4 Å². The predicted molar refractivity (Wildman–Crippen MR) is 77.5 cm³/mol. The van der Waals surface area contributed by atoms with Crippen molar-refractivity contribution in [1.29, 1.82) is 0 Å². The summed E-state index contributed by atoms with van der Waals surface area (Å²) < 4.78 is 26.4. The van der Waals surface area contributed by atoms with E-state index in [0.717, 1.165) is 19.3 Å². The monoisotopic (exact) mass is 305 g/mol. The van der Waals surface area contributed by atoms with E-state index in [0.29, 0.717) is 12.5 Å². The third kappa shape index (κ3) is 5.34. The number of anilines is 1. The van der Waals surface area contributed by atoms with Gasteiger partial charge in [-0.1, -0.05) is 38.3 Å². The molecule has 108 valence electrons. The summed E-state index contributed by atoms with van der Waals surface area (Å²) in [5.41, 5.74) is 5.44. The SMILES string of the molecule is CC(C)CCCCNS(=O)(=O)c1cnc(N)c(Cl)c1. The van der Waals surface area contributed by atoms with Crippen molar-refractivity contribution in [3.05, 3.63) is 17.3 Å². The Labute approximate surface area is 119 Å². The molecule has 0 saturated carbocycles. The van der Waals surface area contributed by atoms with Crippen LogP contribution in [0.25, 0.3) is 0 Å². The maximum absolute atomic E-state index is 11.9. The lowest BCUT2D eigenvalue weighted by molar-refractivity contribution is 0.530. The summed E-state index contributed by atoms with van der Waals surface area (Å²) in [6, 6.07) is 1.31. The van der Waals surface area contributed by atoms with Gasteiger partial charge >= 0.3 is 0 Å². The Hall–Kier alpha value is -0.850. The normalized spacial score (nSPS) is 12.0. The number of aromatic nitrogens is 1. The number of hydrogen-bond acceptors (Lipinski definition) is 4. The molecule has 0 aliphatic heterocycles. The van der Waals surface area contributed by atoms with Crippen LogP contribution in [-0.2, 0) is 10.0 Å². The summed E-state index contributed by atoms with van der Waals surface area (Å²) in [7, 11) is -3.55. The topological polar surface area (TPSA) is 85.1 Å². The lowest BCUT2D eigenvalue weighted by atomic mass is 10.1. The minimum atomic E-state index is -3.55. The van der Waals surface area contributed by atoms with Gasteiger partial charge in [0.15, 0.2) is 0 Å². The first-order valence-corrected chi connectivity index (χ1v) is 8.09. The van der Waals surface area contributed by atoms with Crippen molar-refractivity contribution in [2.24, 2.45) is 5.92 Å². The van der Waals surface area contributed by atoms with Crippen molar-refractivity contribution in [2.45, 2.75) is 38.0 Å². The number of nitrogens with zero attached hydrogens (tertiary/aromatic N) is 1. The molecule has 0 radical (unpaired) electrons. The number of halogens is 1. The summed E-state index contributed by atoms with van der Waals surface area (Å²) >= 11 is 5.76. The van der Waals surface area contributed by atoms with Gasteiger partial charge in [-0.2, -0.15) is 0 Å². The third-order valence-electron chi connectivity index (χ3n) is 2.66. The van der Waals surface area contributed by atoms with E-state index in [1.165, 1.54) is 12.3 Å². The van der Waals surface area contributed by atoms with E-state index < -0.39 is 10.0 Å². The van der Waals surface area contributed by atoms with Crippen LogP contribution in [0.1, 0.15) is 33.1 Å². The van der Waals surface area contributed by atoms with Crippen LogP contribution in [0.4, 0.5) is 5.82 Å². The van der Waals surface area contributed by atoms with Crippen molar-refractivity contribution in [3.8, 4) is 0 Å². The van der Waals surface area contributed by atoms with Gasteiger partial charge in [0.25, 0.3) is 0 Å². The Morgan fingerprint density at radius 3 is 2.68 bits per heavy atom.